The van der Waals surface area contributed by atoms with Crippen molar-refractivity contribution in [3.8, 4) is 11.3 Å². The zero-order chi connectivity index (χ0) is 29.4. The van der Waals surface area contributed by atoms with Gasteiger partial charge in [0, 0.05) is 25.0 Å². The van der Waals surface area contributed by atoms with Gasteiger partial charge in [0.25, 0.3) is 11.3 Å². The minimum Gasteiger partial charge on any atom is -0.349 e. The van der Waals surface area contributed by atoms with Gasteiger partial charge in [-0.3, -0.25) is 23.5 Å². The molecule has 2 aromatic heterocycles. The van der Waals surface area contributed by atoms with Crippen LogP contribution in [0, 0.1) is 5.92 Å². The van der Waals surface area contributed by atoms with E-state index in [0.717, 1.165) is 4.57 Å². The van der Waals surface area contributed by atoms with Gasteiger partial charge in [0.05, 0.1) is 22.6 Å². The average Bonchev–Trinajstić information content (AvgIpc) is 3.31. The highest BCUT2D eigenvalue weighted by Gasteiger charge is 2.45. The molecule has 0 spiro atoms. The Morgan fingerprint density at radius 2 is 1.65 bits per heavy atom. The molecule has 2 heterocycles. The summed E-state index contributed by atoms with van der Waals surface area (Å²) in [6, 6.07) is 13.4. The van der Waals surface area contributed by atoms with Crippen LogP contribution < -0.4 is 16.2 Å². The van der Waals surface area contributed by atoms with Crippen LogP contribution in [0.15, 0.2) is 59.4 Å². The van der Waals surface area contributed by atoms with Gasteiger partial charge in [-0.25, -0.2) is 0 Å². The predicted molar refractivity (Wildman–Crippen MR) is 145 cm³/mol. The molecule has 1 atom stereocenters. The number of aromatic amines is 1. The van der Waals surface area contributed by atoms with Gasteiger partial charge >= 0.3 is 13.8 Å². The Morgan fingerprint density at radius 1 is 1.00 bits per heavy atom. The Balaban J connectivity index is 1.90. The van der Waals surface area contributed by atoms with E-state index >= 15 is 0 Å². The van der Waals surface area contributed by atoms with E-state index in [-0.39, 0.29) is 10.8 Å². The molecule has 0 aliphatic rings. The first-order valence-corrected chi connectivity index (χ1v) is 13.7. The van der Waals surface area contributed by atoms with Crippen LogP contribution in [0.3, 0.4) is 0 Å². The first-order chi connectivity index (χ1) is 18.8. The number of H-pyrrole nitrogens is 1. The van der Waals surface area contributed by atoms with Gasteiger partial charge in [0.2, 0.25) is 5.91 Å². The van der Waals surface area contributed by atoms with E-state index in [1.54, 1.807) is 54.6 Å². The lowest BCUT2D eigenvalue weighted by molar-refractivity contribution is -0.174. The van der Waals surface area contributed by atoms with Crippen molar-refractivity contribution in [2.45, 2.75) is 32.6 Å². The molecular weight excluding hydrogens is 550 g/mol. The van der Waals surface area contributed by atoms with Crippen molar-refractivity contribution in [1.82, 2.24) is 14.9 Å². The fourth-order valence-electron chi connectivity index (χ4n) is 4.58. The van der Waals surface area contributed by atoms with Crippen LogP contribution in [0.4, 0.5) is 13.2 Å². The maximum atomic E-state index is 13.8. The number of nitrogens with zero attached hydrogens (tertiary/aromatic N) is 1. The summed E-state index contributed by atoms with van der Waals surface area (Å²) in [4.78, 5) is 41.7. The van der Waals surface area contributed by atoms with Crippen molar-refractivity contribution in [2.24, 2.45) is 5.92 Å². The number of carbonyl (C=O) groups is 2. The number of pyridine rings is 1. The van der Waals surface area contributed by atoms with E-state index in [1.807, 2.05) is 0 Å². The van der Waals surface area contributed by atoms with Gasteiger partial charge in [-0.15, -0.1) is 0 Å². The second kappa shape index (κ2) is 11.0. The molecule has 2 aromatic carbocycles. The molecule has 212 valence electrons. The molecule has 40 heavy (non-hydrogen) atoms. The summed E-state index contributed by atoms with van der Waals surface area (Å²) in [5.41, 5.74) is 0.621. The second-order valence-corrected chi connectivity index (χ2v) is 11.6. The number of aromatic nitrogens is 2. The number of hydrogen-bond donors (Lipinski definition) is 2. The largest absolute Gasteiger partial charge is 0.452 e. The van der Waals surface area contributed by atoms with Crippen LogP contribution in [0.2, 0.25) is 0 Å². The predicted octanol–water partition coefficient (Wildman–Crippen LogP) is 4.53. The number of rotatable bonds is 9. The molecule has 0 saturated heterocycles. The van der Waals surface area contributed by atoms with Crippen LogP contribution in [-0.4, -0.2) is 47.7 Å². The number of carbonyl (C=O) groups excluding carboxylic acids is 2. The summed E-state index contributed by atoms with van der Waals surface area (Å²) in [6.07, 6.45) is -5.14. The van der Waals surface area contributed by atoms with Crippen molar-refractivity contribution in [2.75, 3.05) is 14.2 Å². The van der Waals surface area contributed by atoms with Crippen LogP contribution in [0.5, 0.6) is 0 Å². The number of Topliss-reactive ketones (excluding diaryl/α,β-unsaturated/α-hetero) is 1. The maximum Gasteiger partial charge on any atom is 0.452 e. The number of amides is 1. The molecule has 9 nitrogen and oxygen atoms in total. The third-order valence-corrected chi connectivity index (χ3v) is 8.50. The first-order valence-electron chi connectivity index (χ1n) is 12.2. The lowest BCUT2D eigenvalue weighted by Crippen LogP contribution is -2.50. The van der Waals surface area contributed by atoms with Crippen molar-refractivity contribution < 1.29 is 36.4 Å². The van der Waals surface area contributed by atoms with Gasteiger partial charge in [0.15, 0.2) is 0 Å². The van der Waals surface area contributed by atoms with Gasteiger partial charge < -0.3 is 19.3 Å². The summed E-state index contributed by atoms with van der Waals surface area (Å²) in [5.74, 6) is -3.88. The van der Waals surface area contributed by atoms with Crippen molar-refractivity contribution in [3.05, 3.63) is 65.0 Å². The highest BCUT2D eigenvalue weighted by Crippen LogP contribution is 2.47. The molecule has 0 aliphatic carbocycles. The molecule has 1 amide bonds. The van der Waals surface area contributed by atoms with Gasteiger partial charge in [-0.05, 0) is 23.6 Å². The summed E-state index contributed by atoms with van der Waals surface area (Å²) in [7, 11) is -1.26. The fourth-order valence-corrected chi connectivity index (χ4v) is 5.84. The van der Waals surface area contributed by atoms with E-state index in [4.69, 9.17) is 9.05 Å². The molecule has 13 heteroatoms. The van der Waals surface area contributed by atoms with E-state index in [9.17, 15) is 32.1 Å². The Hall–Kier alpha value is -3.73. The SMILES string of the molecule is COP(=O)(OC)c1cccc2c1[nH]c1c(=O)n(CC(=O)NC(C(=O)C(F)(F)F)C(C)C)c(-c3ccccc3)cc12. The van der Waals surface area contributed by atoms with Gasteiger partial charge in [-0.2, -0.15) is 13.2 Å². The zero-order valence-electron chi connectivity index (χ0n) is 22.0. The lowest BCUT2D eigenvalue weighted by atomic mass is 9.99. The van der Waals surface area contributed by atoms with Crippen molar-refractivity contribution in [1.29, 1.82) is 0 Å². The van der Waals surface area contributed by atoms with E-state index in [0.29, 0.717) is 27.5 Å². The number of alkyl halides is 3. The third-order valence-electron chi connectivity index (χ3n) is 6.57. The summed E-state index contributed by atoms with van der Waals surface area (Å²) in [6.45, 7) is 2.09. The molecule has 0 aliphatic heterocycles. The van der Waals surface area contributed by atoms with E-state index < -0.39 is 49.5 Å². The van der Waals surface area contributed by atoms with Gasteiger partial charge in [0.1, 0.15) is 12.1 Å². The van der Waals surface area contributed by atoms with E-state index in [2.05, 4.69) is 10.3 Å². The van der Waals surface area contributed by atoms with Crippen molar-refractivity contribution >= 4 is 46.4 Å². The molecule has 0 saturated carbocycles. The molecule has 0 radical (unpaired) electrons. The third kappa shape index (κ3) is 5.34. The van der Waals surface area contributed by atoms with Crippen molar-refractivity contribution in [3.63, 3.8) is 0 Å². The summed E-state index contributed by atoms with van der Waals surface area (Å²) < 4.78 is 64.0. The number of fused-ring (bicyclic) bond motifs is 3. The molecular formula is C27H27F3N3O6P. The maximum absolute atomic E-state index is 13.8. The number of ketones is 1. The highest BCUT2D eigenvalue weighted by molar-refractivity contribution is 7.62. The standard InChI is InChI=1S/C27H27F3N3O6P/c1-15(2)22(25(35)27(28,29)30)31-21(34)14-33-19(16-9-6-5-7-10-16)13-18-17-11-8-12-20(40(37,38-3)39-4)23(17)32-24(18)26(33)36/h5-13,15,22,32H,14H2,1-4H3,(H,31,34). The van der Waals surface area contributed by atoms with Crippen LogP contribution in [0.1, 0.15) is 13.8 Å². The Bertz CT molecular complexity index is 1690. The summed E-state index contributed by atoms with van der Waals surface area (Å²) in [5, 5.41) is 3.35. The van der Waals surface area contributed by atoms with Crippen LogP contribution in [0.25, 0.3) is 33.1 Å². The zero-order valence-corrected chi connectivity index (χ0v) is 22.9. The number of hydrogen-bond acceptors (Lipinski definition) is 6. The lowest BCUT2D eigenvalue weighted by Gasteiger charge is -2.23. The van der Waals surface area contributed by atoms with Crippen LogP contribution in [-0.2, 0) is 29.7 Å². The second-order valence-electron chi connectivity index (χ2n) is 9.41. The molecule has 0 fully saturated rings. The molecule has 4 aromatic rings. The highest BCUT2D eigenvalue weighted by atomic mass is 31.2. The molecule has 4 rings (SSSR count). The average molecular weight is 577 g/mol. The summed E-state index contributed by atoms with van der Waals surface area (Å²) >= 11 is 0. The monoisotopic (exact) mass is 577 g/mol. The fraction of sp³-hybridized carbons (Fsp3) is 0.296. The van der Waals surface area contributed by atoms with Crippen LogP contribution >= 0.6 is 7.60 Å². The van der Waals surface area contributed by atoms with Gasteiger partial charge in [-0.1, -0.05) is 56.3 Å². The topological polar surface area (TPSA) is 119 Å². The number of halogens is 3. The number of nitrogens with one attached hydrogen (secondary N) is 2. The molecule has 2 N–H and O–H groups in total. The minimum absolute atomic E-state index is 0.0699. The van der Waals surface area contributed by atoms with E-state index in [1.165, 1.54) is 28.1 Å². The number of para-hydroxylation sites is 1. The smallest absolute Gasteiger partial charge is 0.349 e. The molecule has 0 bridgehead atoms. The number of benzene rings is 2. The Kier molecular flexibility index (Phi) is 8.07. The molecule has 1 unspecified atom stereocenters. The quantitative estimate of drug-likeness (QED) is 0.282. The normalized spacial score (nSPS) is 13.2. The minimum atomic E-state index is -5.14. The first kappa shape index (κ1) is 29.3. The Morgan fingerprint density at radius 3 is 2.23 bits per heavy atom. The Labute approximate surface area is 226 Å².